The monoisotopic (exact) mass is 739 g/mol. The fourth-order valence-electron chi connectivity index (χ4n) is 6.61. The van der Waals surface area contributed by atoms with E-state index in [-0.39, 0.29) is 17.8 Å². The van der Waals surface area contributed by atoms with Crippen molar-refractivity contribution in [1.82, 2.24) is 4.90 Å². The van der Waals surface area contributed by atoms with Crippen molar-refractivity contribution in [2.75, 3.05) is 26.4 Å². The van der Waals surface area contributed by atoms with E-state index >= 15 is 0 Å². The third-order valence-corrected chi connectivity index (χ3v) is 9.59. The van der Waals surface area contributed by atoms with Crippen molar-refractivity contribution in [3.8, 4) is 0 Å². The zero-order chi connectivity index (χ0) is 38.5. The number of ether oxygens (including phenoxy) is 6. The molecule has 0 spiro atoms. The first-order valence-electron chi connectivity index (χ1n) is 19.5. The summed E-state index contributed by atoms with van der Waals surface area (Å²) < 4.78 is 34.3. The number of esters is 3. The number of aliphatic hydroxyl groups excluding tert-OH is 1. The number of nitrogens with zero attached hydrogens (tertiary/aromatic N) is 1. The number of carbonyl (C=O) groups excluding carboxylic acids is 5. The highest BCUT2D eigenvalue weighted by molar-refractivity contribution is 6.19. The molecule has 0 aliphatic carbocycles. The van der Waals surface area contributed by atoms with Crippen LogP contribution in [0.15, 0.2) is 11.1 Å². The number of unbranched alkanes of at least 4 members (excludes halogenated alkanes) is 15. The molecule has 13 nitrogen and oxygen atoms in total. The lowest BCUT2D eigenvalue weighted by Crippen LogP contribution is -2.68. The standard InChI is InChI=1S/C39H65NO12/c1-7-8-9-10-11-12-13-14-15-16-17-18-19-20-21-22-23-47-25-32(24-41)51-39-34(40-37(45)27(2)28(3)38(40)46)36(50-31(6)44)35(49-30(5)43)33(52-39)26-48-29(4)42/h32-36,39,41H,7-26H2,1-6H3/t32-,33+,34+,35+,36+,39+/m0/s1. The molecule has 1 fully saturated rings. The van der Waals surface area contributed by atoms with E-state index in [1.54, 1.807) is 0 Å². The number of imide groups is 1. The van der Waals surface area contributed by atoms with Gasteiger partial charge in [-0.3, -0.25) is 28.9 Å². The van der Waals surface area contributed by atoms with Gasteiger partial charge in [0.2, 0.25) is 0 Å². The van der Waals surface area contributed by atoms with Crippen LogP contribution in [0.2, 0.25) is 0 Å². The summed E-state index contributed by atoms with van der Waals surface area (Å²) >= 11 is 0. The van der Waals surface area contributed by atoms with Gasteiger partial charge in [-0.2, -0.15) is 0 Å². The van der Waals surface area contributed by atoms with Crippen LogP contribution in [-0.4, -0.2) is 103 Å². The van der Waals surface area contributed by atoms with Crippen LogP contribution in [-0.2, 0) is 52.4 Å². The molecule has 52 heavy (non-hydrogen) atoms. The molecule has 0 aromatic carbocycles. The van der Waals surface area contributed by atoms with Crippen molar-refractivity contribution in [2.24, 2.45) is 0 Å². The lowest BCUT2D eigenvalue weighted by molar-refractivity contribution is -0.302. The first-order valence-corrected chi connectivity index (χ1v) is 19.5. The van der Waals surface area contributed by atoms with Crippen LogP contribution in [0.25, 0.3) is 0 Å². The number of hydrogen-bond acceptors (Lipinski definition) is 12. The zero-order valence-corrected chi connectivity index (χ0v) is 32.5. The molecular formula is C39H65NO12. The van der Waals surface area contributed by atoms with E-state index in [4.69, 9.17) is 28.4 Å². The molecular weight excluding hydrogens is 674 g/mol. The molecule has 1 N–H and O–H groups in total. The van der Waals surface area contributed by atoms with Gasteiger partial charge in [0.05, 0.1) is 13.2 Å². The van der Waals surface area contributed by atoms with Crippen molar-refractivity contribution < 1.29 is 57.5 Å². The van der Waals surface area contributed by atoms with Crippen molar-refractivity contribution in [3.63, 3.8) is 0 Å². The van der Waals surface area contributed by atoms with Crippen molar-refractivity contribution in [2.45, 2.75) is 181 Å². The van der Waals surface area contributed by atoms with Crippen molar-refractivity contribution >= 4 is 29.7 Å². The summed E-state index contributed by atoms with van der Waals surface area (Å²) in [5.74, 6) is -3.54. The van der Waals surface area contributed by atoms with Gasteiger partial charge in [-0.15, -0.1) is 0 Å². The van der Waals surface area contributed by atoms with Gasteiger partial charge in [0.25, 0.3) is 11.8 Å². The summed E-state index contributed by atoms with van der Waals surface area (Å²) in [6.45, 7) is 8.17. The smallest absolute Gasteiger partial charge is 0.303 e. The molecule has 2 amide bonds. The molecule has 1 saturated heterocycles. The highest BCUT2D eigenvalue weighted by Crippen LogP contribution is 2.35. The molecule has 2 rings (SSSR count). The third kappa shape index (κ3) is 15.6. The zero-order valence-electron chi connectivity index (χ0n) is 32.5. The van der Waals surface area contributed by atoms with E-state index in [0.29, 0.717) is 6.61 Å². The largest absolute Gasteiger partial charge is 0.463 e. The van der Waals surface area contributed by atoms with Crippen molar-refractivity contribution in [1.29, 1.82) is 0 Å². The Bertz CT molecular complexity index is 1130. The lowest BCUT2D eigenvalue weighted by atomic mass is 9.94. The van der Waals surface area contributed by atoms with E-state index < -0.39 is 79.7 Å². The quantitative estimate of drug-likeness (QED) is 0.0462. The third-order valence-electron chi connectivity index (χ3n) is 9.59. The molecule has 13 heteroatoms. The van der Waals surface area contributed by atoms with Gasteiger partial charge in [-0.05, 0) is 20.3 Å². The Hall–Kier alpha value is -2.87. The predicted molar refractivity (Wildman–Crippen MR) is 193 cm³/mol. The topological polar surface area (TPSA) is 164 Å². The second-order valence-corrected chi connectivity index (χ2v) is 14.0. The Morgan fingerprint density at radius 2 is 1.17 bits per heavy atom. The van der Waals surface area contributed by atoms with Gasteiger partial charge >= 0.3 is 17.9 Å². The van der Waals surface area contributed by atoms with Crippen LogP contribution in [0.3, 0.4) is 0 Å². The van der Waals surface area contributed by atoms with Gasteiger partial charge in [0.15, 0.2) is 18.5 Å². The number of hydrogen-bond donors (Lipinski definition) is 1. The first-order chi connectivity index (χ1) is 24.9. The molecule has 6 atom stereocenters. The number of amides is 2. The normalized spacial score (nSPS) is 22.5. The van der Waals surface area contributed by atoms with E-state index in [2.05, 4.69) is 6.92 Å². The second kappa shape index (κ2) is 25.2. The van der Waals surface area contributed by atoms with Crippen LogP contribution in [0, 0.1) is 0 Å². The SMILES string of the molecule is CCCCCCCCCCCCCCCCCCOC[C@H](CO)O[C@@H]1O[C@H](COC(C)=O)[C@@H](OC(C)=O)[C@H](OC(C)=O)[C@H]1N1C(=O)C(C)=C(C)C1=O. The summed E-state index contributed by atoms with van der Waals surface area (Å²) in [7, 11) is 0. The average Bonchev–Trinajstić information content (AvgIpc) is 3.28. The minimum absolute atomic E-state index is 0.0275. The Kier molecular flexibility index (Phi) is 21.9. The highest BCUT2D eigenvalue weighted by atomic mass is 16.7. The van der Waals surface area contributed by atoms with E-state index in [9.17, 15) is 29.1 Å². The maximum absolute atomic E-state index is 13.4. The first kappa shape index (κ1) is 45.3. The predicted octanol–water partition coefficient (Wildman–Crippen LogP) is 5.87. The fraction of sp³-hybridized carbons (Fsp3) is 0.821. The van der Waals surface area contributed by atoms with E-state index in [1.807, 2.05) is 0 Å². The molecule has 0 aromatic rings. The summed E-state index contributed by atoms with van der Waals surface area (Å²) in [5, 5.41) is 10.2. The molecule has 2 aliphatic rings. The number of aliphatic hydroxyl groups is 1. The fourth-order valence-corrected chi connectivity index (χ4v) is 6.61. The van der Waals surface area contributed by atoms with Crippen LogP contribution >= 0.6 is 0 Å². The van der Waals surface area contributed by atoms with Crippen LogP contribution in [0.1, 0.15) is 144 Å². The van der Waals surface area contributed by atoms with Gasteiger partial charge < -0.3 is 33.5 Å². The van der Waals surface area contributed by atoms with Crippen LogP contribution < -0.4 is 0 Å². The molecule has 0 aromatic heterocycles. The van der Waals surface area contributed by atoms with Crippen LogP contribution in [0.5, 0.6) is 0 Å². The Labute approximate surface area is 310 Å². The van der Waals surface area contributed by atoms with Crippen molar-refractivity contribution in [3.05, 3.63) is 11.1 Å². The molecule has 298 valence electrons. The highest BCUT2D eigenvalue weighted by Gasteiger charge is 2.57. The molecule has 0 unspecified atom stereocenters. The van der Waals surface area contributed by atoms with Gasteiger partial charge in [0, 0.05) is 38.5 Å². The number of carbonyl (C=O) groups is 5. The summed E-state index contributed by atoms with van der Waals surface area (Å²) in [4.78, 5) is 63.9. The molecule has 0 radical (unpaired) electrons. The summed E-state index contributed by atoms with van der Waals surface area (Å²) in [6.07, 6.45) is 13.7. The Morgan fingerprint density at radius 3 is 1.62 bits per heavy atom. The maximum Gasteiger partial charge on any atom is 0.303 e. The summed E-state index contributed by atoms with van der Waals surface area (Å²) in [6, 6.07) is -1.43. The molecule has 0 bridgehead atoms. The average molecular weight is 740 g/mol. The lowest BCUT2D eigenvalue weighted by Gasteiger charge is -2.47. The van der Waals surface area contributed by atoms with Gasteiger partial charge in [-0.1, -0.05) is 103 Å². The maximum atomic E-state index is 13.4. The van der Waals surface area contributed by atoms with Crippen LogP contribution in [0.4, 0.5) is 0 Å². The Morgan fingerprint density at radius 1 is 0.712 bits per heavy atom. The Balaban J connectivity index is 1.93. The number of rotatable bonds is 27. The molecule has 0 saturated carbocycles. The summed E-state index contributed by atoms with van der Waals surface area (Å²) in [5.41, 5.74) is 0.356. The van der Waals surface area contributed by atoms with Gasteiger partial charge in [0.1, 0.15) is 24.9 Å². The molecule has 2 heterocycles. The van der Waals surface area contributed by atoms with Gasteiger partial charge in [-0.25, -0.2) is 0 Å². The van der Waals surface area contributed by atoms with E-state index in [1.165, 1.54) is 104 Å². The minimum atomic E-state index is -1.49. The van der Waals surface area contributed by atoms with E-state index in [0.717, 1.165) is 38.0 Å². The second-order valence-electron chi connectivity index (χ2n) is 14.0. The molecule has 2 aliphatic heterocycles. The minimum Gasteiger partial charge on any atom is -0.463 e.